The van der Waals surface area contributed by atoms with Gasteiger partial charge >= 0.3 is 5.97 Å². The van der Waals surface area contributed by atoms with Crippen molar-refractivity contribution in [3.8, 4) is 0 Å². The van der Waals surface area contributed by atoms with Crippen LogP contribution in [0.2, 0.25) is 15.2 Å². The van der Waals surface area contributed by atoms with E-state index in [1.807, 2.05) is 0 Å². The summed E-state index contributed by atoms with van der Waals surface area (Å²) < 4.78 is 13.4. The second kappa shape index (κ2) is 6.91. The molecule has 1 aromatic carbocycles. The summed E-state index contributed by atoms with van der Waals surface area (Å²) in [5.41, 5.74) is 2.16. The van der Waals surface area contributed by atoms with E-state index in [4.69, 9.17) is 39.9 Å². The Morgan fingerprint density at radius 1 is 1.27 bits per heavy atom. The van der Waals surface area contributed by atoms with E-state index >= 15 is 0 Å². The van der Waals surface area contributed by atoms with E-state index in [9.17, 15) is 9.18 Å². The number of nitrogens with one attached hydrogen (secondary N) is 1. The maximum absolute atomic E-state index is 13.4. The summed E-state index contributed by atoms with van der Waals surface area (Å²) in [6.07, 6.45) is 1.19. The SMILES string of the molecule is O=C(O)c1nc(Cl)c(Cl)c(N/N=C\c2ccccc2F)c1Cl. The van der Waals surface area contributed by atoms with Gasteiger partial charge in [0.15, 0.2) is 10.8 Å². The van der Waals surface area contributed by atoms with E-state index in [0.29, 0.717) is 0 Å². The molecule has 0 spiro atoms. The number of hydrogen-bond acceptors (Lipinski definition) is 4. The van der Waals surface area contributed by atoms with Crippen LogP contribution in [0.4, 0.5) is 10.1 Å². The van der Waals surface area contributed by atoms with Crippen LogP contribution in [0.25, 0.3) is 0 Å². The lowest BCUT2D eigenvalue weighted by Crippen LogP contribution is -2.05. The average molecular weight is 363 g/mol. The van der Waals surface area contributed by atoms with Gasteiger partial charge in [0.1, 0.15) is 15.9 Å². The number of carboxylic acids is 1. The number of carbonyl (C=O) groups is 1. The summed E-state index contributed by atoms with van der Waals surface area (Å²) in [7, 11) is 0. The van der Waals surface area contributed by atoms with Crippen molar-refractivity contribution >= 4 is 52.7 Å². The van der Waals surface area contributed by atoms with Crippen molar-refractivity contribution < 1.29 is 14.3 Å². The number of carboxylic acid groups (broad SMARTS) is 1. The molecular formula is C13H7Cl3FN3O2. The lowest BCUT2D eigenvalue weighted by atomic mass is 10.2. The van der Waals surface area contributed by atoms with Gasteiger partial charge in [-0.05, 0) is 6.07 Å². The lowest BCUT2D eigenvalue weighted by Gasteiger charge is -2.09. The molecule has 9 heteroatoms. The number of halogens is 4. The van der Waals surface area contributed by atoms with Crippen LogP contribution in [0.1, 0.15) is 16.1 Å². The Bertz CT molecular complexity index is 768. The predicted octanol–water partition coefficient (Wildman–Crippen LogP) is 4.33. The fraction of sp³-hybridized carbons (Fsp3) is 0. The predicted molar refractivity (Wildman–Crippen MR) is 83.8 cm³/mol. The number of pyridine rings is 1. The van der Waals surface area contributed by atoms with Crippen LogP contribution in [0.3, 0.4) is 0 Å². The Kier molecular flexibility index (Phi) is 5.18. The van der Waals surface area contributed by atoms with Gasteiger partial charge in [-0.3, -0.25) is 5.43 Å². The summed E-state index contributed by atoms with van der Waals surface area (Å²) >= 11 is 17.5. The number of aromatic nitrogens is 1. The molecular weight excluding hydrogens is 356 g/mol. The zero-order valence-electron chi connectivity index (χ0n) is 10.6. The lowest BCUT2D eigenvalue weighted by molar-refractivity contribution is 0.0691. The molecule has 22 heavy (non-hydrogen) atoms. The first-order valence-corrected chi connectivity index (χ1v) is 6.86. The molecule has 0 aliphatic rings. The van der Waals surface area contributed by atoms with Crippen molar-refractivity contribution in [1.29, 1.82) is 0 Å². The highest BCUT2D eigenvalue weighted by molar-refractivity contribution is 6.46. The van der Waals surface area contributed by atoms with Crippen molar-refractivity contribution in [2.45, 2.75) is 0 Å². The number of hydrogen-bond donors (Lipinski definition) is 2. The van der Waals surface area contributed by atoms with Crippen LogP contribution in [0.5, 0.6) is 0 Å². The van der Waals surface area contributed by atoms with Gasteiger partial charge in [0, 0.05) is 5.56 Å². The highest BCUT2D eigenvalue weighted by Gasteiger charge is 2.20. The zero-order valence-corrected chi connectivity index (χ0v) is 12.9. The fourth-order valence-electron chi connectivity index (χ4n) is 1.50. The second-order valence-electron chi connectivity index (χ2n) is 3.95. The molecule has 0 amide bonds. The van der Waals surface area contributed by atoms with Crippen molar-refractivity contribution in [2.75, 3.05) is 5.43 Å². The van der Waals surface area contributed by atoms with Crippen molar-refractivity contribution in [3.05, 3.63) is 56.5 Å². The fourth-order valence-corrected chi connectivity index (χ4v) is 2.17. The van der Waals surface area contributed by atoms with Gasteiger partial charge in [-0.2, -0.15) is 5.10 Å². The van der Waals surface area contributed by atoms with Gasteiger partial charge in [-0.25, -0.2) is 14.2 Å². The number of aromatic carboxylic acids is 1. The molecule has 114 valence electrons. The molecule has 2 N–H and O–H groups in total. The summed E-state index contributed by atoms with van der Waals surface area (Å²) in [4.78, 5) is 14.6. The Hall–Kier alpha value is -1.89. The van der Waals surface area contributed by atoms with Crippen LogP contribution >= 0.6 is 34.8 Å². The molecule has 0 atom stereocenters. The van der Waals surface area contributed by atoms with Gasteiger partial charge in [-0.15, -0.1) is 0 Å². The maximum atomic E-state index is 13.4. The van der Waals surface area contributed by atoms with Crippen molar-refractivity contribution in [3.63, 3.8) is 0 Å². The molecule has 0 fully saturated rings. The van der Waals surface area contributed by atoms with E-state index in [1.54, 1.807) is 6.07 Å². The maximum Gasteiger partial charge on any atom is 0.356 e. The highest BCUT2D eigenvalue weighted by Crippen LogP contribution is 2.36. The van der Waals surface area contributed by atoms with E-state index in [0.717, 1.165) is 0 Å². The quantitative estimate of drug-likeness (QED) is 0.482. The smallest absolute Gasteiger partial charge is 0.356 e. The summed E-state index contributed by atoms with van der Waals surface area (Å²) in [6.45, 7) is 0. The van der Waals surface area contributed by atoms with E-state index in [1.165, 1.54) is 24.4 Å². The first-order chi connectivity index (χ1) is 10.4. The Morgan fingerprint density at radius 3 is 2.59 bits per heavy atom. The summed E-state index contributed by atoms with van der Waals surface area (Å²) in [5.74, 6) is -1.84. The number of benzene rings is 1. The Balaban J connectivity index is 2.34. The topological polar surface area (TPSA) is 74.6 Å². The molecule has 1 aromatic heterocycles. The molecule has 0 bridgehead atoms. The highest BCUT2D eigenvalue weighted by atomic mass is 35.5. The zero-order chi connectivity index (χ0) is 16.3. The second-order valence-corrected chi connectivity index (χ2v) is 5.06. The molecule has 0 aliphatic heterocycles. The van der Waals surface area contributed by atoms with Gasteiger partial charge < -0.3 is 5.11 Å². The molecule has 0 unspecified atom stereocenters. The largest absolute Gasteiger partial charge is 0.476 e. The third kappa shape index (κ3) is 3.47. The van der Waals surface area contributed by atoms with Gasteiger partial charge in [0.25, 0.3) is 0 Å². The molecule has 5 nitrogen and oxygen atoms in total. The minimum Gasteiger partial charge on any atom is -0.476 e. The van der Waals surface area contributed by atoms with Crippen molar-refractivity contribution in [1.82, 2.24) is 4.98 Å². The third-order valence-electron chi connectivity index (χ3n) is 2.53. The first-order valence-electron chi connectivity index (χ1n) is 5.73. The van der Waals surface area contributed by atoms with Crippen LogP contribution in [-0.4, -0.2) is 22.3 Å². The van der Waals surface area contributed by atoms with Crippen molar-refractivity contribution in [2.24, 2.45) is 5.10 Å². The third-order valence-corrected chi connectivity index (χ3v) is 3.63. The average Bonchev–Trinajstić information content (AvgIpc) is 2.48. The summed E-state index contributed by atoms with van der Waals surface area (Å²) in [5, 5.41) is 12.2. The van der Waals surface area contributed by atoms with E-state index in [-0.39, 0.29) is 26.4 Å². The first kappa shape index (κ1) is 16.5. The van der Waals surface area contributed by atoms with Crippen LogP contribution in [-0.2, 0) is 0 Å². The van der Waals surface area contributed by atoms with E-state index < -0.39 is 17.5 Å². The molecule has 0 radical (unpaired) electrons. The molecule has 0 saturated carbocycles. The minimum atomic E-state index is -1.37. The molecule has 2 aromatic rings. The van der Waals surface area contributed by atoms with E-state index in [2.05, 4.69) is 15.5 Å². The Morgan fingerprint density at radius 2 is 1.95 bits per heavy atom. The molecule has 0 saturated heterocycles. The van der Waals surface area contributed by atoms with Crippen LogP contribution in [0.15, 0.2) is 29.4 Å². The number of nitrogens with zero attached hydrogens (tertiary/aromatic N) is 2. The van der Waals surface area contributed by atoms with Crippen LogP contribution in [0, 0.1) is 5.82 Å². The standard InChI is InChI=1S/C13H7Cl3FN3O2/c14-8-10(9(15)12(16)19-11(8)13(21)22)20-18-5-6-3-1-2-4-7(6)17/h1-5H,(H,19,20)(H,21,22)/b18-5-. The minimum absolute atomic E-state index is 0.0340. The molecule has 2 rings (SSSR count). The van der Waals surface area contributed by atoms with Gasteiger partial charge in [0.2, 0.25) is 0 Å². The molecule has 1 heterocycles. The Labute approximate surface area is 139 Å². The monoisotopic (exact) mass is 361 g/mol. The van der Waals surface area contributed by atoms with Gasteiger partial charge in [0.05, 0.1) is 11.9 Å². The number of rotatable bonds is 4. The number of hydrazone groups is 1. The van der Waals surface area contributed by atoms with Gasteiger partial charge in [-0.1, -0.05) is 53.0 Å². The normalized spacial score (nSPS) is 10.9. The number of anilines is 1. The van der Waals surface area contributed by atoms with Crippen LogP contribution < -0.4 is 5.43 Å². The summed E-state index contributed by atoms with van der Waals surface area (Å²) in [6, 6.07) is 5.95. The molecule has 0 aliphatic carbocycles.